The average Bonchev–Trinajstić information content (AvgIpc) is 2.86. The van der Waals surface area contributed by atoms with E-state index in [1.165, 1.54) is 70.3 Å². The SMILES string of the molecule is CC(C)=CCCC(C)=CCCC(C)=C/C=C/C(C)=C/C=CC=C(C)CCC=C(C)CCC=C(C)CCC=C(C)C. The zero-order valence-electron chi connectivity index (χ0n) is 28.0. The van der Waals surface area contributed by atoms with Gasteiger partial charge in [0.15, 0.2) is 0 Å². The summed E-state index contributed by atoms with van der Waals surface area (Å²) in [6, 6.07) is 0. The summed E-state index contributed by atoms with van der Waals surface area (Å²) < 4.78 is 0. The van der Waals surface area contributed by atoms with Crippen molar-refractivity contribution in [3.05, 3.63) is 117 Å². The molecule has 40 heavy (non-hydrogen) atoms. The molecule has 0 spiro atoms. The summed E-state index contributed by atoms with van der Waals surface area (Å²) >= 11 is 0. The zero-order valence-corrected chi connectivity index (χ0v) is 28.0. The zero-order chi connectivity index (χ0) is 30.2. The average molecular weight is 543 g/mol. The summed E-state index contributed by atoms with van der Waals surface area (Å²) in [7, 11) is 0. The highest BCUT2D eigenvalue weighted by atomic mass is 14.0. The van der Waals surface area contributed by atoms with Crippen molar-refractivity contribution in [1.29, 1.82) is 0 Å². The molecule has 0 aliphatic carbocycles. The summed E-state index contributed by atoms with van der Waals surface area (Å²) in [6.07, 6.45) is 38.8. The van der Waals surface area contributed by atoms with Crippen LogP contribution in [-0.4, -0.2) is 0 Å². The van der Waals surface area contributed by atoms with Gasteiger partial charge in [-0.3, -0.25) is 0 Å². The molecule has 0 aromatic heterocycles. The fraction of sp³-hybridized carbons (Fsp3) is 0.500. The lowest BCUT2D eigenvalue weighted by atomic mass is 10.0. The van der Waals surface area contributed by atoms with Crippen molar-refractivity contribution in [2.75, 3.05) is 0 Å². The quantitative estimate of drug-likeness (QED) is 0.112. The van der Waals surface area contributed by atoms with E-state index >= 15 is 0 Å². The van der Waals surface area contributed by atoms with Crippen molar-refractivity contribution in [3.63, 3.8) is 0 Å². The van der Waals surface area contributed by atoms with Crippen LogP contribution in [0.5, 0.6) is 0 Å². The lowest BCUT2D eigenvalue weighted by molar-refractivity contribution is 0.900. The molecule has 0 nitrogen and oxygen atoms in total. The molecule has 0 atom stereocenters. The molecule has 0 unspecified atom stereocenters. The molecule has 0 aliphatic heterocycles. The molecule has 0 heterocycles. The standard InChI is InChI=1S/C40H62/c1-33(2)19-13-23-37(7)27-17-31-39(9)29-15-25-35(5)21-11-12-22-36(6)26-16-30-40(10)32-18-28-38(8)24-14-20-34(3)4/h11-12,15,19-22,25,27-30H,13-14,16-18,23-24,26,31-32H2,1-10H3/b12-11?,25-15+,35-21+,36-22?,37-27?,38-28?,39-29?,40-30?. The molecule has 0 amide bonds. The second-order valence-corrected chi connectivity index (χ2v) is 12.1. The molecular formula is C40H62. The van der Waals surface area contributed by atoms with Crippen molar-refractivity contribution in [3.8, 4) is 0 Å². The lowest BCUT2D eigenvalue weighted by Crippen LogP contribution is -1.82. The summed E-state index contributed by atoms with van der Waals surface area (Å²) in [5.74, 6) is 0. The lowest BCUT2D eigenvalue weighted by Gasteiger charge is -2.02. The van der Waals surface area contributed by atoms with E-state index in [9.17, 15) is 0 Å². The van der Waals surface area contributed by atoms with Crippen LogP contribution in [0.2, 0.25) is 0 Å². The van der Waals surface area contributed by atoms with Crippen molar-refractivity contribution < 1.29 is 0 Å². The van der Waals surface area contributed by atoms with Crippen LogP contribution in [0.15, 0.2) is 117 Å². The van der Waals surface area contributed by atoms with Crippen LogP contribution in [-0.2, 0) is 0 Å². The van der Waals surface area contributed by atoms with Crippen LogP contribution in [0, 0.1) is 0 Å². The van der Waals surface area contributed by atoms with Crippen molar-refractivity contribution in [2.45, 2.75) is 133 Å². The summed E-state index contributed by atoms with van der Waals surface area (Å²) in [5.41, 5.74) is 11.5. The highest BCUT2D eigenvalue weighted by molar-refractivity contribution is 5.27. The first kappa shape index (κ1) is 37.4. The molecule has 0 N–H and O–H groups in total. The molecule has 0 saturated carbocycles. The largest absolute Gasteiger partial charge is 0.0856 e. The Bertz CT molecular complexity index is 1010. The molecule has 222 valence electrons. The molecule has 0 aliphatic rings. The third kappa shape index (κ3) is 25.7. The van der Waals surface area contributed by atoms with E-state index in [0.29, 0.717) is 0 Å². The first-order valence-electron chi connectivity index (χ1n) is 15.6. The highest BCUT2D eigenvalue weighted by Gasteiger charge is 1.94. The maximum absolute atomic E-state index is 2.42. The molecule has 0 bridgehead atoms. The van der Waals surface area contributed by atoms with Crippen LogP contribution < -0.4 is 0 Å². The molecule has 0 aromatic rings. The van der Waals surface area contributed by atoms with Crippen LogP contribution in [0.1, 0.15) is 133 Å². The van der Waals surface area contributed by atoms with Gasteiger partial charge in [0, 0.05) is 0 Å². The number of rotatable bonds is 19. The third-order valence-electron chi connectivity index (χ3n) is 6.87. The van der Waals surface area contributed by atoms with E-state index in [-0.39, 0.29) is 0 Å². The summed E-state index contributed by atoms with van der Waals surface area (Å²) in [6.45, 7) is 22.1. The Morgan fingerprint density at radius 1 is 0.350 bits per heavy atom. The van der Waals surface area contributed by atoms with Crippen LogP contribution in [0.25, 0.3) is 0 Å². The second kappa shape index (κ2) is 24.2. The van der Waals surface area contributed by atoms with Crippen LogP contribution >= 0.6 is 0 Å². The van der Waals surface area contributed by atoms with Crippen molar-refractivity contribution in [2.24, 2.45) is 0 Å². The fourth-order valence-corrected chi connectivity index (χ4v) is 4.14. The smallest absolute Gasteiger partial charge is 0.0285 e. The number of hydrogen-bond acceptors (Lipinski definition) is 0. The molecule has 0 fully saturated rings. The van der Waals surface area contributed by atoms with Crippen LogP contribution in [0.4, 0.5) is 0 Å². The van der Waals surface area contributed by atoms with Crippen LogP contribution in [0.3, 0.4) is 0 Å². The van der Waals surface area contributed by atoms with Gasteiger partial charge in [0.05, 0.1) is 0 Å². The monoisotopic (exact) mass is 542 g/mol. The molecular weight excluding hydrogens is 480 g/mol. The van der Waals surface area contributed by atoms with Gasteiger partial charge in [0.25, 0.3) is 0 Å². The van der Waals surface area contributed by atoms with E-state index in [1.54, 1.807) is 0 Å². The van der Waals surface area contributed by atoms with Gasteiger partial charge in [-0.05, 0) is 133 Å². The Morgan fingerprint density at radius 2 is 0.675 bits per heavy atom. The van der Waals surface area contributed by atoms with Crippen molar-refractivity contribution >= 4 is 0 Å². The van der Waals surface area contributed by atoms with E-state index < -0.39 is 0 Å². The minimum Gasteiger partial charge on any atom is -0.0856 e. The van der Waals surface area contributed by atoms with E-state index in [0.717, 1.165) is 38.5 Å². The number of hydrogen-bond donors (Lipinski definition) is 0. The minimum atomic E-state index is 1.12. The Balaban J connectivity index is 4.39. The molecule has 0 saturated heterocycles. The summed E-state index contributed by atoms with van der Waals surface area (Å²) in [5, 5.41) is 0. The van der Waals surface area contributed by atoms with E-state index in [1.807, 2.05) is 0 Å². The predicted molar refractivity (Wildman–Crippen MR) is 186 cm³/mol. The Kier molecular flexibility index (Phi) is 22.6. The predicted octanol–water partition coefficient (Wildman–Crippen LogP) is 13.6. The second-order valence-electron chi connectivity index (χ2n) is 12.1. The fourth-order valence-electron chi connectivity index (χ4n) is 4.14. The first-order valence-corrected chi connectivity index (χ1v) is 15.6. The molecule has 0 radical (unpaired) electrons. The van der Waals surface area contributed by atoms with Gasteiger partial charge in [0.2, 0.25) is 0 Å². The Hall–Kier alpha value is -2.60. The van der Waals surface area contributed by atoms with E-state index in [2.05, 4.69) is 142 Å². The van der Waals surface area contributed by atoms with E-state index in [4.69, 9.17) is 0 Å². The summed E-state index contributed by atoms with van der Waals surface area (Å²) in [4.78, 5) is 0. The molecule has 0 rings (SSSR count). The van der Waals surface area contributed by atoms with Gasteiger partial charge in [0.1, 0.15) is 0 Å². The molecule has 0 heteroatoms. The van der Waals surface area contributed by atoms with Gasteiger partial charge < -0.3 is 0 Å². The maximum atomic E-state index is 2.42. The van der Waals surface area contributed by atoms with Gasteiger partial charge in [-0.2, -0.15) is 0 Å². The number of allylic oxidation sites excluding steroid dienone is 20. The minimum absolute atomic E-state index is 1.12. The Morgan fingerprint density at radius 3 is 1.07 bits per heavy atom. The topological polar surface area (TPSA) is 0 Å². The Labute approximate surface area is 250 Å². The van der Waals surface area contributed by atoms with Gasteiger partial charge in [-0.1, -0.05) is 117 Å². The van der Waals surface area contributed by atoms with Gasteiger partial charge in [-0.25, -0.2) is 0 Å². The first-order chi connectivity index (χ1) is 19.0. The maximum Gasteiger partial charge on any atom is -0.0285 e. The highest BCUT2D eigenvalue weighted by Crippen LogP contribution is 2.14. The van der Waals surface area contributed by atoms with Gasteiger partial charge >= 0.3 is 0 Å². The normalized spacial score (nSPS) is 14.4. The van der Waals surface area contributed by atoms with Gasteiger partial charge in [-0.15, -0.1) is 0 Å². The third-order valence-corrected chi connectivity index (χ3v) is 6.87. The molecule has 0 aromatic carbocycles. The van der Waals surface area contributed by atoms with Crippen molar-refractivity contribution in [1.82, 2.24) is 0 Å².